The molecule has 2 nitrogen and oxygen atoms in total. The molecule has 0 spiro atoms. The van der Waals surface area contributed by atoms with Crippen LogP contribution in [0.5, 0.6) is 0 Å². The minimum Gasteiger partial charge on any atom is -0.355 e. The van der Waals surface area contributed by atoms with E-state index < -0.39 is 11.7 Å². The SMILES string of the molecule is N#Cc1ccc(Nc2ccccc2C(F)(F)F)cc1Br. The molecule has 2 aromatic carbocycles. The summed E-state index contributed by atoms with van der Waals surface area (Å²) >= 11 is 3.19. The molecule has 0 aliphatic rings. The molecule has 6 heteroatoms. The van der Waals surface area contributed by atoms with Gasteiger partial charge in [-0.3, -0.25) is 0 Å². The van der Waals surface area contributed by atoms with Gasteiger partial charge in [-0.2, -0.15) is 18.4 Å². The number of hydrogen-bond donors (Lipinski definition) is 1. The zero-order chi connectivity index (χ0) is 14.8. The first-order chi connectivity index (χ1) is 9.41. The number of nitrogens with zero attached hydrogens (tertiary/aromatic N) is 1. The van der Waals surface area contributed by atoms with E-state index >= 15 is 0 Å². The average molecular weight is 341 g/mol. The predicted octanol–water partition coefficient (Wildman–Crippen LogP) is 5.08. The van der Waals surface area contributed by atoms with Crippen LogP contribution in [0.2, 0.25) is 0 Å². The Labute approximate surface area is 122 Å². The minimum absolute atomic E-state index is 0.0309. The molecule has 0 aliphatic heterocycles. The zero-order valence-corrected chi connectivity index (χ0v) is 11.6. The second kappa shape index (κ2) is 5.55. The van der Waals surface area contributed by atoms with E-state index in [1.807, 2.05) is 6.07 Å². The number of alkyl halides is 3. The van der Waals surface area contributed by atoms with Gasteiger partial charge in [0.15, 0.2) is 0 Å². The Kier molecular flexibility index (Phi) is 4.00. The predicted molar refractivity (Wildman–Crippen MR) is 73.6 cm³/mol. The molecule has 0 bridgehead atoms. The van der Waals surface area contributed by atoms with Crippen molar-refractivity contribution in [1.82, 2.24) is 0 Å². The highest BCUT2D eigenvalue weighted by Crippen LogP contribution is 2.36. The van der Waals surface area contributed by atoms with Gasteiger partial charge in [0, 0.05) is 10.2 Å². The van der Waals surface area contributed by atoms with Gasteiger partial charge in [0.1, 0.15) is 6.07 Å². The Morgan fingerprint density at radius 3 is 2.40 bits per heavy atom. The van der Waals surface area contributed by atoms with Crippen LogP contribution in [0.3, 0.4) is 0 Å². The molecule has 0 amide bonds. The molecule has 0 atom stereocenters. The van der Waals surface area contributed by atoms with Gasteiger partial charge in [-0.15, -0.1) is 0 Å². The summed E-state index contributed by atoms with van der Waals surface area (Å²) in [7, 11) is 0. The number of anilines is 2. The third-order valence-electron chi connectivity index (χ3n) is 2.60. The Morgan fingerprint density at radius 2 is 1.80 bits per heavy atom. The van der Waals surface area contributed by atoms with Crippen LogP contribution < -0.4 is 5.32 Å². The maximum Gasteiger partial charge on any atom is 0.418 e. The fourth-order valence-corrected chi connectivity index (χ4v) is 2.15. The smallest absolute Gasteiger partial charge is 0.355 e. The van der Waals surface area contributed by atoms with Crippen molar-refractivity contribution < 1.29 is 13.2 Å². The molecule has 0 fully saturated rings. The number of para-hydroxylation sites is 1. The van der Waals surface area contributed by atoms with Crippen LogP contribution in [0, 0.1) is 11.3 Å². The van der Waals surface area contributed by atoms with Crippen molar-refractivity contribution in [2.45, 2.75) is 6.18 Å². The summed E-state index contributed by atoms with van der Waals surface area (Å²) in [5.41, 5.74) is 0.115. The van der Waals surface area contributed by atoms with E-state index in [1.54, 1.807) is 12.1 Å². The summed E-state index contributed by atoms with van der Waals surface area (Å²) in [6, 6.07) is 11.8. The number of nitrogens with one attached hydrogen (secondary N) is 1. The normalized spacial score (nSPS) is 10.9. The lowest BCUT2D eigenvalue weighted by molar-refractivity contribution is -0.136. The van der Waals surface area contributed by atoms with Crippen molar-refractivity contribution >= 4 is 27.3 Å². The molecule has 20 heavy (non-hydrogen) atoms. The van der Waals surface area contributed by atoms with Crippen molar-refractivity contribution in [3.8, 4) is 6.07 Å². The van der Waals surface area contributed by atoms with Gasteiger partial charge >= 0.3 is 6.18 Å². The molecular formula is C14H8BrF3N2. The maximum atomic E-state index is 12.9. The summed E-state index contributed by atoms with van der Waals surface area (Å²) in [6.07, 6.45) is -4.42. The van der Waals surface area contributed by atoms with Crippen molar-refractivity contribution in [3.05, 3.63) is 58.1 Å². The van der Waals surface area contributed by atoms with Crippen LogP contribution in [-0.4, -0.2) is 0 Å². The molecule has 0 heterocycles. The third-order valence-corrected chi connectivity index (χ3v) is 3.26. The second-order valence-corrected chi connectivity index (χ2v) is 4.83. The molecule has 2 aromatic rings. The van der Waals surface area contributed by atoms with E-state index in [-0.39, 0.29) is 5.69 Å². The molecule has 0 saturated carbocycles. The molecule has 0 unspecified atom stereocenters. The molecule has 0 aromatic heterocycles. The quantitative estimate of drug-likeness (QED) is 0.827. The van der Waals surface area contributed by atoms with E-state index in [2.05, 4.69) is 21.2 Å². The lowest BCUT2D eigenvalue weighted by atomic mass is 10.1. The highest BCUT2D eigenvalue weighted by atomic mass is 79.9. The van der Waals surface area contributed by atoms with Gasteiger partial charge < -0.3 is 5.32 Å². The van der Waals surface area contributed by atoms with Gasteiger partial charge in [0.2, 0.25) is 0 Å². The number of hydrogen-bond acceptors (Lipinski definition) is 2. The first-order valence-corrected chi connectivity index (χ1v) is 6.34. The first kappa shape index (κ1) is 14.4. The van der Waals surface area contributed by atoms with E-state index in [1.165, 1.54) is 24.3 Å². The van der Waals surface area contributed by atoms with Crippen LogP contribution in [-0.2, 0) is 6.18 Å². The Morgan fingerprint density at radius 1 is 1.10 bits per heavy atom. The van der Waals surface area contributed by atoms with E-state index in [0.717, 1.165) is 6.07 Å². The van der Waals surface area contributed by atoms with E-state index in [0.29, 0.717) is 15.7 Å². The molecule has 102 valence electrons. The maximum absolute atomic E-state index is 12.9. The third kappa shape index (κ3) is 3.11. The van der Waals surface area contributed by atoms with Gasteiger partial charge in [0.05, 0.1) is 16.8 Å². The van der Waals surface area contributed by atoms with Crippen LogP contribution >= 0.6 is 15.9 Å². The summed E-state index contributed by atoms with van der Waals surface area (Å²) in [4.78, 5) is 0. The number of nitriles is 1. The highest BCUT2D eigenvalue weighted by Gasteiger charge is 2.33. The average Bonchev–Trinajstić information content (AvgIpc) is 2.38. The first-order valence-electron chi connectivity index (χ1n) is 5.54. The lowest BCUT2D eigenvalue weighted by Gasteiger charge is -2.14. The van der Waals surface area contributed by atoms with E-state index in [4.69, 9.17) is 5.26 Å². The van der Waals surface area contributed by atoms with Crippen molar-refractivity contribution in [2.75, 3.05) is 5.32 Å². The number of halogens is 4. The fraction of sp³-hybridized carbons (Fsp3) is 0.0714. The van der Waals surface area contributed by atoms with Crippen LogP contribution in [0.25, 0.3) is 0 Å². The highest BCUT2D eigenvalue weighted by molar-refractivity contribution is 9.10. The summed E-state index contributed by atoms with van der Waals surface area (Å²) in [5.74, 6) is 0. The monoisotopic (exact) mass is 340 g/mol. The van der Waals surface area contributed by atoms with Gasteiger partial charge in [-0.05, 0) is 46.3 Å². The number of benzene rings is 2. The van der Waals surface area contributed by atoms with Gasteiger partial charge in [-0.25, -0.2) is 0 Å². The van der Waals surface area contributed by atoms with E-state index in [9.17, 15) is 13.2 Å². The van der Waals surface area contributed by atoms with Crippen LogP contribution in [0.15, 0.2) is 46.9 Å². The van der Waals surface area contributed by atoms with Crippen molar-refractivity contribution in [2.24, 2.45) is 0 Å². The second-order valence-electron chi connectivity index (χ2n) is 3.97. The fourth-order valence-electron chi connectivity index (χ4n) is 1.68. The van der Waals surface area contributed by atoms with Crippen molar-refractivity contribution in [1.29, 1.82) is 5.26 Å². The summed E-state index contributed by atoms with van der Waals surface area (Å²) in [5, 5.41) is 11.5. The standard InChI is InChI=1S/C14H8BrF3N2/c15-12-7-10(6-5-9(12)8-19)20-13-4-2-1-3-11(13)14(16,17)18/h1-7,20H. The molecule has 1 N–H and O–H groups in total. The zero-order valence-electron chi connectivity index (χ0n) is 10.0. The molecular weight excluding hydrogens is 333 g/mol. The Balaban J connectivity index is 2.36. The summed E-state index contributed by atoms with van der Waals surface area (Å²) in [6.45, 7) is 0. The van der Waals surface area contributed by atoms with Crippen LogP contribution in [0.1, 0.15) is 11.1 Å². The lowest BCUT2D eigenvalue weighted by Crippen LogP contribution is -2.08. The Bertz CT molecular complexity index is 675. The Hall–Kier alpha value is -2.00. The molecule has 2 rings (SSSR count). The summed E-state index contributed by atoms with van der Waals surface area (Å²) < 4.78 is 39.1. The molecule has 0 aliphatic carbocycles. The largest absolute Gasteiger partial charge is 0.418 e. The topological polar surface area (TPSA) is 35.8 Å². The van der Waals surface area contributed by atoms with Crippen LogP contribution in [0.4, 0.5) is 24.5 Å². The minimum atomic E-state index is -4.42. The van der Waals surface area contributed by atoms with Gasteiger partial charge in [0.25, 0.3) is 0 Å². The molecule has 0 saturated heterocycles. The molecule has 0 radical (unpaired) electrons. The van der Waals surface area contributed by atoms with Gasteiger partial charge in [-0.1, -0.05) is 12.1 Å². The number of rotatable bonds is 2. The van der Waals surface area contributed by atoms with Crippen molar-refractivity contribution in [3.63, 3.8) is 0 Å².